The highest BCUT2D eigenvalue weighted by molar-refractivity contribution is 7.91. The van der Waals surface area contributed by atoms with Gasteiger partial charge in [0.15, 0.2) is 9.84 Å². The van der Waals surface area contributed by atoms with E-state index in [1.807, 2.05) is 0 Å². The summed E-state index contributed by atoms with van der Waals surface area (Å²) in [5, 5.41) is 10.9. The van der Waals surface area contributed by atoms with Crippen molar-refractivity contribution >= 4 is 15.5 Å². The normalized spacial score (nSPS) is 11.4. The third kappa shape index (κ3) is 6.79. The zero-order valence-electron chi connectivity index (χ0n) is 13.6. The van der Waals surface area contributed by atoms with Gasteiger partial charge in [0.25, 0.3) is 5.69 Å². The first-order valence-corrected chi connectivity index (χ1v) is 8.76. The molecule has 0 aliphatic rings. The average Bonchev–Trinajstić information content (AvgIpc) is 2.56. The summed E-state index contributed by atoms with van der Waals surface area (Å²) < 4.78 is 44.6. The Labute approximate surface area is 140 Å². The van der Waals surface area contributed by atoms with E-state index < -0.39 is 14.8 Å². The molecule has 0 radical (unpaired) electrons. The molecule has 0 aliphatic heterocycles. The fourth-order valence-electron chi connectivity index (χ4n) is 1.71. The zero-order chi connectivity index (χ0) is 18.0. The van der Waals surface area contributed by atoms with E-state index in [0.29, 0.717) is 19.8 Å². The van der Waals surface area contributed by atoms with Crippen molar-refractivity contribution in [3.05, 3.63) is 28.3 Å². The summed E-state index contributed by atoms with van der Waals surface area (Å²) in [5.74, 6) is -0.190. The molecular formula is C14H21NO8S. The van der Waals surface area contributed by atoms with Gasteiger partial charge in [-0.3, -0.25) is 10.1 Å². The number of nitro benzene ring substituents is 1. The molecule has 0 spiro atoms. The van der Waals surface area contributed by atoms with E-state index in [0.717, 1.165) is 12.1 Å². The Balaban J connectivity index is 2.56. The second-order valence-corrected chi connectivity index (χ2v) is 6.77. The van der Waals surface area contributed by atoms with Gasteiger partial charge in [0, 0.05) is 13.2 Å². The zero-order valence-corrected chi connectivity index (χ0v) is 14.4. The number of nitro groups is 1. The molecule has 0 aliphatic carbocycles. The standard InChI is InChI=1S/C14H21NO8S/c1-20-3-4-22-5-6-23-7-8-24(18,19)14-10-12(15(16)17)9-13(11-14)21-2/h9-11H,3-8H2,1-2H3. The molecule has 24 heavy (non-hydrogen) atoms. The van der Waals surface area contributed by atoms with Gasteiger partial charge in [-0.05, 0) is 6.07 Å². The van der Waals surface area contributed by atoms with E-state index in [1.54, 1.807) is 7.11 Å². The monoisotopic (exact) mass is 363 g/mol. The Kier molecular flexibility index (Phi) is 8.61. The minimum absolute atomic E-state index is 0.0407. The number of hydrogen-bond donors (Lipinski definition) is 0. The number of sulfone groups is 1. The van der Waals surface area contributed by atoms with Crippen molar-refractivity contribution in [2.24, 2.45) is 0 Å². The van der Waals surface area contributed by atoms with Gasteiger partial charge in [-0.15, -0.1) is 0 Å². The number of nitrogens with zero attached hydrogens (tertiary/aromatic N) is 1. The third-order valence-corrected chi connectivity index (χ3v) is 4.63. The molecule has 0 N–H and O–H groups in total. The van der Waals surface area contributed by atoms with Crippen molar-refractivity contribution < 1.29 is 32.3 Å². The van der Waals surface area contributed by atoms with Crippen molar-refractivity contribution in [1.82, 2.24) is 0 Å². The van der Waals surface area contributed by atoms with Crippen LogP contribution < -0.4 is 4.74 Å². The molecule has 10 heteroatoms. The molecule has 1 aromatic rings. The summed E-state index contributed by atoms with van der Waals surface area (Å²) in [6.45, 7) is 1.45. The van der Waals surface area contributed by atoms with Crippen LogP contribution in [0.1, 0.15) is 0 Å². The molecule has 1 rings (SSSR count). The second-order valence-electron chi connectivity index (χ2n) is 4.66. The molecule has 0 fully saturated rings. The summed E-state index contributed by atoms with van der Waals surface area (Å²) in [7, 11) is -0.850. The highest BCUT2D eigenvalue weighted by atomic mass is 32.2. The van der Waals surface area contributed by atoms with Gasteiger partial charge in [0.2, 0.25) is 0 Å². The lowest BCUT2D eigenvalue weighted by Gasteiger charge is -2.08. The van der Waals surface area contributed by atoms with Crippen LogP contribution in [0.2, 0.25) is 0 Å². The van der Waals surface area contributed by atoms with Gasteiger partial charge in [0.1, 0.15) is 5.75 Å². The maximum Gasteiger partial charge on any atom is 0.274 e. The van der Waals surface area contributed by atoms with E-state index in [1.165, 1.54) is 13.2 Å². The number of ether oxygens (including phenoxy) is 4. The summed E-state index contributed by atoms with van der Waals surface area (Å²) >= 11 is 0. The van der Waals surface area contributed by atoms with Crippen LogP contribution in [-0.2, 0) is 24.0 Å². The Hall–Kier alpha value is -1.75. The van der Waals surface area contributed by atoms with E-state index in [-0.39, 0.29) is 35.3 Å². The van der Waals surface area contributed by atoms with Crippen molar-refractivity contribution in [2.75, 3.05) is 53.0 Å². The molecule has 0 saturated heterocycles. The number of hydrogen-bond acceptors (Lipinski definition) is 8. The van der Waals surface area contributed by atoms with E-state index in [2.05, 4.69) is 0 Å². The lowest BCUT2D eigenvalue weighted by Crippen LogP contribution is -2.15. The lowest BCUT2D eigenvalue weighted by atomic mass is 10.3. The second kappa shape index (κ2) is 10.2. The van der Waals surface area contributed by atoms with Crippen LogP contribution in [0.25, 0.3) is 0 Å². The van der Waals surface area contributed by atoms with Crippen LogP contribution in [-0.4, -0.2) is 66.3 Å². The first-order valence-electron chi connectivity index (χ1n) is 7.11. The Morgan fingerprint density at radius 3 is 2.21 bits per heavy atom. The Bertz CT molecular complexity index is 632. The van der Waals surface area contributed by atoms with Crippen LogP contribution >= 0.6 is 0 Å². The molecule has 1 aromatic carbocycles. The minimum atomic E-state index is -3.72. The van der Waals surface area contributed by atoms with Crippen molar-refractivity contribution in [1.29, 1.82) is 0 Å². The van der Waals surface area contributed by atoms with Gasteiger partial charge in [-0.25, -0.2) is 8.42 Å². The summed E-state index contributed by atoms with van der Waals surface area (Å²) in [5.41, 5.74) is -0.347. The van der Waals surface area contributed by atoms with Crippen molar-refractivity contribution in [3.63, 3.8) is 0 Å². The molecule has 0 heterocycles. The Morgan fingerprint density at radius 2 is 1.62 bits per heavy atom. The van der Waals surface area contributed by atoms with E-state index in [9.17, 15) is 18.5 Å². The predicted octanol–water partition coefficient (Wildman–Crippen LogP) is 1.06. The molecule has 0 atom stereocenters. The molecule has 136 valence electrons. The van der Waals surface area contributed by atoms with Crippen molar-refractivity contribution in [2.45, 2.75) is 4.90 Å². The maximum absolute atomic E-state index is 12.2. The van der Waals surface area contributed by atoms with Crippen LogP contribution in [0, 0.1) is 10.1 Å². The van der Waals surface area contributed by atoms with E-state index >= 15 is 0 Å². The highest BCUT2D eigenvalue weighted by Gasteiger charge is 2.20. The number of benzene rings is 1. The van der Waals surface area contributed by atoms with Gasteiger partial charge < -0.3 is 18.9 Å². The van der Waals surface area contributed by atoms with Crippen molar-refractivity contribution in [3.8, 4) is 5.75 Å². The molecule has 0 aromatic heterocycles. The fraction of sp³-hybridized carbons (Fsp3) is 0.571. The summed E-state index contributed by atoms with van der Waals surface area (Å²) in [4.78, 5) is 10.0. The fourth-order valence-corrected chi connectivity index (χ4v) is 2.88. The molecule has 0 bridgehead atoms. The van der Waals surface area contributed by atoms with Gasteiger partial charge in [-0.2, -0.15) is 0 Å². The first-order chi connectivity index (χ1) is 11.4. The Morgan fingerprint density at radius 1 is 1.00 bits per heavy atom. The highest BCUT2D eigenvalue weighted by Crippen LogP contribution is 2.26. The first kappa shape index (κ1) is 20.3. The largest absolute Gasteiger partial charge is 0.496 e. The van der Waals surface area contributed by atoms with Crippen LogP contribution in [0.4, 0.5) is 5.69 Å². The SMILES string of the molecule is COCCOCCOCCS(=O)(=O)c1cc(OC)cc([N+](=O)[O-])c1. The smallest absolute Gasteiger partial charge is 0.274 e. The van der Waals surface area contributed by atoms with Gasteiger partial charge >= 0.3 is 0 Å². The quantitative estimate of drug-likeness (QED) is 0.308. The molecular weight excluding hydrogens is 342 g/mol. The minimum Gasteiger partial charge on any atom is -0.496 e. The number of non-ortho nitro benzene ring substituents is 1. The average molecular weight is 363 g/mol. The number of methoxy groups -OCH3 is 2. The lowest BCUT2D eigenvalue weighted by molar-refractivity contribution is -0.385. The van der Waals surface area contributed by atoms with Crippen LogP contribution in [0.15, 0.2) is 23.1 Å². The topological polar surface area (TPSA) is 114 Å². The van der Waals surface area contributed by atoms with Crippen LogP contribution in [0.5, 0.6) is 5.75 Å². The molecule has 0 amide bonds. The van der Waals surface area contributed by atoms with Crippen LogP contribution in [0.3, 0.4) is 0 Å². The van der Waals surface area contributed by atoms with Gasteiger partial charge in [0.05, 0.1) is 61.8 Å². The molecule has 0 saturated carbocycles. The predicted molar refractivity (Wildman–Crippen MR) is 85.2 cm³/mol. The van der Waals surface area contributed by atoms with E-state index in [4.69, 9.17) is 18.9 Å². The van der Waals surface area contributed by atoms with Gasteiger partial charge in [-0.1, -0.05) is 0 Å². The number of rotatable bonds is 12. The molecule has 0 unspecified atom stereocenters. The third-order valence-electron chi connectivity index (χ3n) is 2.97. The maximum atomic E-state index is 12.2. The molecule has 9 nitrogen and oxygen atoms in total. The summed E-state index contributed by atoms with van der Waals surface area (Å²) in [6.07, 6.45) is 0. The summed E-state index contributed by atoms with van der Waals surface area (Å²) in [6, 6.07) is 3.41.